The Kier molecular flexibility index (Phi) is 8.95. The second-order valence-electron chi connectivity index (χ2n) is 8.77. The molecule has 0 aliphatic carbocycles. The Bertz CT molecular complexity index is 1180. The van der Waals surface area contributed by atoms with Crippen molar-refractivity contribution in [1.82, 2.24) is 20.0 Å². The Labute approximate surface area is 221 Å². The predicted molar refractivity (Wildman–Crippen MR) is 144 cm³/mol. The van der Waals surface area contributed by atoms with Crippen LogP contribution < -0.4 is 14.4 Å². The van der Waals surface area contributed by atoms with Crippen LogP contribution in [0.1, 0.15) is 29.4 Å². The fraction of sp³-hybridized carbons (Fsp3) is 0.407. The molecule has 1 aliphatic heterocycles. The first-order valence-electron chi connectivity index (χ1n) is 12.5. The number of rotatable bonds is 10. The average Bonchev–Trinajstić information content (AvgIpc) is 3.50. The van der Waals surface area contributed by atoms with E-state index >= 15 is 0 Å². The summed E-state index contributed by atoms with van der Waals surface area (Å²) in [6.45, 7) is 5.24. The summed E-state index contributed by atoms with van der Waals surface area (Å²) < 4.78 is 10.7. The van der Waals surface area contributed by atoms with Crippen LogP contribution in [0.4, 0.5) is 5.82 Å². The van der Waals surface area contributed by atoms with Crippen LogP contribution in [0.2, 0.25) is 0 Å². The maximum Gasteiger partial charge on any atom is 0.264 e. The van der Waals surface area contributed by atoms with E-state index in [0.29, 0.717) is 49.1 Å². The van der Waals surface area contributed by atoms with E-state index in [1.54, 1.807) is 19.1 Å². The number of ether oxygens (including phenoxy) is 2. The van der Waals surface area contributed by atoms with Gasteiger partial charge >= 0.3 is 0 Å². The summed E-state index contributed by atoms with van der Waals surface area (Å²) in [4.78, 5) is 32.3. The minimum Gasteiger partial charge on any atom is -0.493 e. The van der Waals surface area contributed by atoms with Crippen molar-refractivity contribution in [3.63, 3.8) is 0 Å². The molecule has 1 aromatic carbocycles. The largest absolute Gasteiger partial charge is 0.493 e. The van der Waals surface area contributed by atoms with Crippen LogP contribution in [-0.2, 0) is 4.79 Å². The molecule has 1 saturated heterocycles. The van der Waals surface area contributed by atoms with Crippen molar-refractivity contribution in [2.75, 3.05) is 58.4 Å². The third-order valence-corrected chi connectivity index (χ3v) is 7.27. The van der Waals surface area contributed by atoms with Crippen molar-refractivity contribution in [3.05, 3.63) is 52.7 Å². The van der Waals surface area contributed by atoms with Crippen molar-refractivity contribution in [3.8, 4) is 22.8 Å². The van der Waals surface area contributed by atoms with E-state index in [2.05, 4.69) is 22.0 Å². The molecule has 4 rings (SSSR count). The number of unbranched alkanes of at least 4 members (excludes halogenated alkanes) is 1. The van der Waals surface area contributed by atoms with E-state index in [1.807, 2.05) is 52.7 Å². The highest BCUT2D eigenvalue weighted by atomic mass is 32.1. The number of anilines is 1. The van der Waals surface area contributed by atoms with Gasteiger partial charge in [-0.25, -0.2) is 0 Å². The van der Waals surface area contributed by atoms with Gasteiger partial charge in [0.05, 0.1) is 24.8 Å². The number of methoxy groups -OCH3 is 2. The fourth-order valence-electron chi connectivity index (χ4n) is 4.25. The zero-order chi connectivity index (χ0) is 26.2. The minimum absolute atomic E-state index is 0.0180. The van der Waals surface area contributed by atoms with E-state index in [9.17, 15) is 9.59 Å². The molecule has 37 heavy (non-hydrogen) atoms. The molecule has 9 nitrogen and oxygen atoms in total. The summed E-state index contributed by atoms with van der Waals surface area (Å²) in [5.74, 6) is 1.98. The second kappa shape index (κ2) is 12.5. The SMILES string of the molecule is CCCCN(CC(=O)N1CCN(c2ccc(-c3ccc(OC)c(OC)c3)nn2)CC1)C(=O)c1cccs1. The van der Waals surface area contributed by atoms with Gasteiger partial charge in [-0.1, -0.05) is 19.4 Å². The summed E-state index contributed by atoms with van der Waals surface area (Å²) in [7, 11) is 3.21. The number of hydrogen-bond acceptors (Lipinski definition) is 8. The zero-order valence-electron chi connectivity index (χ0n) is 21.6. The van der Waals surface area contributed by atoms with Gasteiger partial charge < -0.3 is 24.2 Å². The fourth-order valence-corrected chi connectivity index (χ4v) is 4.94. The number of nitrogens with zero attached hydrogens (tertiary/aromatic N) is 5. The molecule has 196 valence electrons. The van der Waals surface area contributed by atoms with Crippen molar-refractivity contribution >= 4 is 29.0 Å². The van der Waals surface area contributed by atoms with Gasteiger partial charge in [0.1, 0.15) is 6.54 Å². The maximum absolute atomic E-state index is 13.1. The highest BCUT2D eigenvalue weighted by Crippen LogP contribution is 2.31. The van der Waals surface area contributed by atoms with Gasteiger partial charge in [-0.05, 0) is 48.2 Å². The lowest BCUT2D eigenvalue weighted by Crippen LogP contribution is -2.52. The summed E-state index contributed by atoms with van der Waals surface area (Å²) in [6, 6.07) is 13.2. The molecular formula is C27H33N5O4S. The van der Waals surface area contributed by atoms with Crippen molar-refractivity contribution in [2.24, 2.45) is 0 Å². The van der Waals surface area contributed by atoms with E-state index in [0.717, 1.165) is 29.9 Å². The summed E-state index contributed by atoms with van der Waals surface area (Å²) in [6.07, 6.45) is 1.84. The van der Waals surface area contributed by atoms with Crippen molar-refractivity contribution in [2.45, 2.75) is 19.8 Å². The first kappa shape index (κ1) is 26.4. The highest BCUT2D eigenvalue weighted by Gasteiger charge is 2.26. The van der Waals surface area contributed by atoms with Gasteiger partial charge in [-0.2, -0.15) is 0 Å². The Morgan fingerprint density at radius 2 is 1.78 bits per heavy atom. The van der Waals surface area contributed by atoms with E-state index in [4.69, 9.17) is 9.47 Å². The third-order valence-electron chi connectivity index (χ3n) is 6.41. The van der Waals surface area contributed by atoms with Crippen LogP contribution in [0.15, 0.2) is 47.8 Å². The Morgan fingerprint density at radius 1 is 1.00 bits per heavy atom. The summed E-state index contributed by atoms with van der Waals surface area (Å²) in [5, 5.41) is 10.7. The van der Waals surface area contributed by atoms with Crippen LogP contribution in [0.3, 0.4) is 0 Å². The molecule has 3 aromatic rings. The van der Waals surface area contributed by atoms with Gasteiger partial charge in [0.2, 0.25) is 5.91 Å². The van der Waals surface area contributed by atoms with Crippen molar-refractivity contribution < 1.29 is 19.1 Å². The van der Waals surface area contributed by atoms with Crippen LogP contribution in [0, 0.1) is 0 Å². The minimum atomic E-state index is -0.0692. The number of thiophene rings is 1. The molecule has 3 heterocycles. The Balaban J connectivity index is 1.34. The molecule has 0 radical (unpaired) electrons. The number of carbonyl (C=O) groups is 2. The quantitative estimate of drug-likeness (QED) is 0.399. The van der Waals surface area contributed by atoms with Crippen LogP contribution >= 0.6 is 11.3 Å². The van der Waals surface area contributed by atoms with Gasteiger partial charge in [-0.15, -0.1) is 21.5 Å². The lowest BCUT2D eigenvalue weighted by atomic mass is 10.1. The number of hydrogen-bond donors (Lipinski definition) is 0. The summed E-state index contributed by atoms with van der Waals surface area (Å²) >= 11 is 1.41. The first-order valence-corrected chi connectivity index (χ1v) is 13.3. The van der Waals surface area contributed by atoms with Gasteiger partial charge in [0, 0.05) is 38.3 Å². The van der Waals surface area contributed by atoms with Crippen LogP contribution in [-0.4, -0.2) is 85.3 Å². The van der Waals surface area contributed by atoms with Crippen LogP contribution in [0.5, 0.6) is 11.5 Å². The van der Waals surface area contributed by atoms with E-state index in [1.165, 1.54) is 11.3 Å². The second-order valence-corrected chi connectivity index (χ2v) is 9.72. The number of amides is 2. The molecule has 0 unspecified atom stereocenters. The molecule has 0 saturated carbocycles. The Hall–Kier alpha value is -3.66. The standard InChI is InChI=1S/C27H33N5O4S/c1-4-5-12-32(27(34)24-7-6-17-37-24)19-26(33)31-15-13-30(14-16-31)25-11-9-21(28-29-25)20-8-10-22(35-2)23(18-20)36-3/h6-11,17-18H,4-5,12-16,19H2,1-3H3. The molecule has 2 aromatic heterocycles. The number of piperazine rings is 1. The molecule has 10 heteroatoms. The molecule has 2 amide bonds. The highest BCUT2D eigenvalue weighted by molar-refractivity contribution is 7.12. The molecule has 0 bridgehead atoms. The molecule has 1 fully saturated rings. The average molecular weight is 524 g/mol. The monoisotopic (exact) mass is 523 g/mol. The molecule has 0 N–H and O–H groups in total. The number of aromatic nitrogens is 2. The first-order chi connectivity index (χ1) is 18.0. The number of carbonyl (C=O) groups excluding carboxylic acids is 2. The molecular weight excluding hydrogens is 490 g/mol. The maximum atomic E-state index is 13.1. The Morgan fingerprint density at radius 3 is 2.41 bits per heavy atom. The predicted octanol–water partition coefficient (Wildman–Crippen LogP) is 3.81. The number of benzene rings is 1. The normalized spacial score (nSPS) is 13.4. The summed E-state index contributed by atoms with van der Waals surface area (Å²) in [5.41, 5.74) is 1.62. The topological polar surface area (TPSA) is 88.1 Å². The molecule has 1 aliphatic rings. The van der Waals surface area contributed by atoms with Gasteiger partial charge in [0.15, 0.2) is 17.3 Å². The van der Waals surface area contributed by atoms with Crippen LogP contribution in [0.25, 0.3) is 11.3 Å². The lowest BCUT2D eigenvalue weighted by molar-refractivity contribution is -0.132. The lowest BCUT2D eigenvalue weighted by Gasteiger charge is -2.36. The van der Waals surface area contributed by atoms with E-state index in [-0.39, 0.29) is 18.4 Å². The van der Waals surface area contributed by atoms with Gasteiger partial charge in [0.25, 0.3) is 5.91 Å². The molecule has 0 atom stereocenters. The van der Waals surface area contributed by atoms with E-state index < -0.39 is 0 Å². The van der Waals surface area contributed by atoms with Crippen molar-refractivity contribution in [1.29, 1.82) is 0 Å². The van der Waals surface area contributed by atoms with Gasteiger partial charge in [-0.3, -0.25) is 9.59 Å². The smallest absolute Gasteiger partial charge is 0.264 e. The third kappa shape index (κ3) is 6.37. The zero-order valence-corrected chi connectivity index (χ0v) is 22.4. The molecule has 0 spiro atoms.